The predicted octanol–water partition coefficient (Wildman–Crippen LogP) is 4.94. The van der Waals surface area contributed by atoms with Crippen molar-refractivity contribution in [3.63, 3.8) is 0 Å². The SMILES string of the molecule is Cc1cc(O)cc(-c2cccc3c2-c2ccccc2C3)c1. The monoisotopic (exact) mass is 272 g/mol. The first-order valence-electron chi connectivity index (χ1n) is 7.23. The zero-order chi connectivity index (χ0) is 14.4. The summed E-state index contributed by atoms with van der Waals surface area (Å²) in [6, 6.07) is 20.8. The van der Waals surface area contributed by atoms with Crippen LogP contribution >= 0.6 is 0 Å². The molecule has 4 rings (SSSR count). The summed E-state index contributed by atoms with van der Waals surface area (Å²) < 4.78 is 0. The number of fused-ring (bicyclic) bond motifs is 3. The van der Waals surface area contributed by atoms with Crippen molar-refractivity contribution < 1.29 is 5.11 Å². The van der Waals surface area contributed by atoms with Gasteiger partial charge in [0.1, 0.15) is 5.75 Å². The molecule has 1 aliphatic rings. The Morgan fingerprint density at radius 3 is 2.43 bits per heavy atom. The van der Waals surface area contributed by atoms with E-state index in [1.807, 2.05) is 13.0 Å². The highest BCUT2D eigenvalue weighted by molar-refractivity contribution is 5.90. The quantitative estimate of drug-likeness (QED) is 0.520. The van der Waals surface area contributed by atoms with Crippen LogP contribution in [-0.4, -0.2) is 5.11 Å². The smallest absolute Gasteiger partial charge is 0.116 e. The van der Waals surface area contributed by atoms with Crippen molar-refractivity contribution >= 4 is 0 Å². The molecule has 0 saturated carbocycles. The number of phenols is 1. The zero-order valence-electron chi connectivity index (χ0n) is 11.9. The lowest BCUT2D eigenvalue weighted by Gasteiger charge is -2.11. The van der Waals surface area contributed by atoms with Gasteiger partial charge in [-0.3, -0.25) is 0 Å². The zero-order valence-corrected chi connectivity index (χ0v) is 11.9. The maximum atomic E-state index is 9.90. The molecular formula is C20H16O. The average Bonchev–Trinajstić information content (AvgIpc) is 2.84. The van der Waals surface area contributed by atoms with Crippen molar-refractivity contribution in [3.05, 3.63) is 77.4 Å². The van der Waals surface area contributed by atoms with Crippen LogP contribution in [0.4, 0.5) is 0 Å². The van der Waals surface area contributed by atoms with Crippen LogP contribution in [0.2, 0.25) is 0 Å². The molecule has 0 fully saturated rings. The standard InChI is InChI=1S/C20H16O/c1-13-9-16(12-17(21)10-13)19-8-4-6-15-11-14-5-2-3-7-18(14)20(15)19/h2-10,12,21H,11H2,1H3. The van der Waals surface area contributed by atoms with Gasteiger partial charge in [-0.15, -0.1) is 0 Å². The molecule has 1 N–H and O–H groups in total. The molecule has 0 unspecified atom stereocenters. The van der Waals surface area contributed by atoms with Gasteiger partial charge in [-0.2, -0.15) is 0 Å². The van der Waals surface area contributed by atoms with Crippen molar-refractivity contribution in [2.75, 3.05) is 0 Å². The molecule has 3 aromatic rings. The molecule has 0 bridgehead atoms. The number of aromatic hydroxyl groups is 1. The van der Waals surface area contributed by atoms with Gasteiger partial charge in [0.25, 0.3) is 0 Å². The molecule has 1 aliphatic carbocycles. The van der Waals surface area contributed by atoms with Crippen LogP contribution in [0.1, 0.15) is 16.7 Å². The second-order valence-corrected chi connectivity index (χ2v) is 5.73. The number of hydrogen-bond donors (Lipinski definition) is 1. The Morgan fingerprint density at radius 2 is 1.57 bits per heavy atom. The summed E-state index contributed by atoms with van der Waals surface area (Å²) in [4.78, 5) is 0. The van der Waals surface area contributed by atoms with E-state index in [0.29, 0.717) is 5.75 Å². The summed E-state index contributed by atoms with van der Waals surface area (Å²) in [5.41, 5.74) is 8.76. The van der Waals surface area contributed by atoms with E-state index < -0.39 is 0 Å². The molecule has 21 heavy (non-hydrogen) atoms. The van der Waals surface area contributed by atoms with Gasteiger partial charge in [-0.1, -0.05) is 48.5 Å². The highest BCUT2D eigenvalue weighted by atomic mass is 16.3. The maximum absolute atomic E-state index is 9.90. The molecule has 0 atom stereocenters. The van der Waals surface area contributed by atoms with Crippen molar-refractivity contribution in [2.45, 2.75) is 13.3 Å². The number of benzene rings is 3. The molecule has 1 heteroatoms. The Morgan fingerprint density at radius 1 is 0.810 bits per heavy atom. The molecule has 0 amide bonds. The minimum absolute atomic E-state index is 0.328. The Kier molecular flexibility index (Phi) is 2.61. The minimum Gasteiger partial charge on any atom is -0.508 e. The van der Waals surface area contributed by atoms with Gasteiger partial charge in [0, 0.05) is 0 Å². The molecule has 0 heterocycles. The summed E-state index contributed by atoms with van der Waals surface area (Å²) in [6.45, 7) is 2.01. The molecule has 0 aliphatic heterocycles. The Hall–Kier alpha value is -2.54. The Bertz CT molecular complexity index is 826. The van der Waals surface area contributed by atoms with E-state index in [2.05, 4.69) is 48.5 Å². The molecule has 0 radical (unpaired) electrons. The molecule has 102 valence electrons. The molecule has 0 saturated heterocycles. The van der Waals surface area contributed by atoms with Crippen molar-refractivity contribution in [1.82, 2.24) is 0 Å². The molecular weight excluding hydrogens is 256 g/mol. The van der Waals surface area contributed by atoms with Crippen LogP contribution < -0.4 is 0 Å². The van der Waals surface area contributed by atoms with E-state index >= 15 is 0 Å². The van der Waals surface area contributed by atoms with Crippen LogP contribution in [0, 0.1) is 6.92 Å². The average molecular weight is 272 g/mol. The Balaban J connectivity index is 2.00. The fourth-order valence-corrected chi connectivity index (χ4v) is 3.35. The Labute approximate surface area is 124 Å². The summed E-state index contributed by atoms with van der Waals surface area (Å²) in [5.74, 6) is 0.328. The van der Waals surface area contributed by atoms with Gasteiger partial charge >= 0.3 is 0 Å². The summed E-state index contributed by atoms with van der Waals surface area (Å²) in [6.07, 6.45) is 0.997. The second kappa shape index (κ2) is 4.49. The third kappa shape index (κ3) is 1.93. The van der Waals surface area contributed by atoms with E-state index in [1.165, 1.54) is 27.8 Å². The summed E-state index contributed by atoms with van der Waals surface area (Å²) >= 11 is 0. The molecule has 3 aromatic carbocycles. The van der Waals surface area contributed by atoms with E-state index in [-0.39, 0.29) is 0 Å². The summed E-state index contributed by atoms with van der Waals surface area (Å²) in [5, 5.41) is 9.90. The maximum Gasteiger partial charge on any atom is 0.116 e. The largest absolute Gasteiger partial charge is 0.508 e. The van der Waals surface area contributed by atoms with E-state index in [9.17, 15) is 5.11 Å². The number of phenolic OH excluding ortho intramolecular Hbond substituents is 1. The normalized spacial score (nSPS) is 12.0. The van der Waals surface area contributed by atoms with Crippen molar-refractivity contribution in [2.24, 2.45) is 0 Å². The predicted molar refractivity (Wildman–Crippen MR) is 86.5 cm³/mol. The van der Waals surface area contributed by atoms with Gasteiger partial charge in [0.05, 0.1) is 0 Å². The highest BCUT2D eigenvalue weighted by Gasteiger charge is 2.21. The third-order valence-electron chi connectivity index (χ3n) is 4.19. The van der Waals surface area contributed by atoms with Gasteiger partial charge in [0.2, 0.25) is 0 Å². The second-order valence-electron chi connectivity index (χ2n) is 5.73. The number of hydrogen-bond acceptors (Lipinski definition) is 1. The summed E-state index contributed by atoms with van der Waals surface area (Å²) in [7, 11) is 0. The first kappa shape index (κ1) is 12.2. The van der Waals surface area contributed by atoms with Crippen molar-refractivity contribution in [1.29, 1.82) is 0 Å². The van der Waals surface area contributed by atoms with Crippen LogP contribution in [0.5, 0.6) is 5.75 Å². The van der Waals surface area contributed by atoms with Gasteiger partial charge in [-0.05, 0) is 64.4 Å². The number of aryl methyl sites for hydroxylation is 1. The van der Waals surface area contributed by atoms with Gasteiger partial charge < -0.3 is 5.11 Å². The minimum atomic E-state index is 0.328. The van der Waals surface area contributed by atoms with Crippen molar-refractivity contribution in [3.8, 4) is 28.0 Å². The molecule has 1 nitrogen and oxygen atoms in total. The number of rotatable bonds is 1. The van der Waals surface area contributed by atoms with Crippen LogP contribution in [-0.2, 0) is 6.42 Å². The van der Waals surface area contributed by atoms with Crippen LogP contribution in [0.3, 0.4) is 0 Å². The van der Waals surface area contributed by atoms with Gasteiger partial charge in [-0.25, -0.2) is 0 Å². The molecule has 0 aromatic heterocycles. The van der Waals surface area contributed by atoms with E-state index in [1.54, 1.807) is 6.07 Å². The van der Waals surface area contributed by atoms with Crippen LogP contribution in [0.25, 0.3) is 22.3 Å². The lowest BCUT2D eigenvalue weighted by Crippen LogP contribution is -1.87. The lowest BCUT2D eigenvalue weighted by atomic mass is 9.93. The fraction of sp³-hybridized carbons (Fsp3) is 0.100. The third-order valence-corrected chi connectivity index (χ3v) is 4.19. The molecule has 0 spiro atoms. The first-order chi connectivity index (χ1) is 10.2. The lowest BCUT2D eigenvalue weighted by molar-refractivity contribution is 0.475. The highest BCUT2D eigenvalue weighted by Crippen LogP contribution is 2.43. The first-order valence-corrected chi connectivity index (χ1v) is 7.23. The fourth-order valence-electron chi connectivity index (χ4n) is 3.35. The van der Waals surface area contributed by atoms with Gasteiger partial charge in [0.15, 0.2) is 0 Å². The van der Waals surface area contributed by atoms with Crippen LogP contribution in [0.15, 0.2) is 60.7 Å². The van der Waals surface area contributed by atoms with E-state index in [0.717, 1.165) is 17.5 Å². The van der Waals surface area contributed by atoms with E-state index in [4.69, 9.17) is 0 Å². The topological polar surface area (TPSA) is 20.2 Å².